The quantitative estimate of drug-likeness (QED) is 0.872. The minimum atomic E-state index is -3.27. The van der Waals surface area contributed by atoms with Crippen LogP contribution in [0.25, 0.3) is 0 Å². The van der Waals surface area contributed by atoms with E-state index in [-0.39, 0.29) is 18.5 Å². The number of carbonyl (C=O) groups is 1. The number of carbonyl (C=O) groups excluding carboxylic acids is 1. The number of piperidine rings is 1. The van der Waals surface area contributed by atoms with Crippen LogP contribution in [0.1, 0.15) is 29.6 Å². The summed E-state index contributed by atoms with van der Waals surface area (Å²) in [6.07, 6.45) is 3.83. The predicted octanol–water partition coefficient (Wildman–Crippen LogP) is 1.00. The lowest BCUT2D eigenvalue weighted by molar-refractivity contribution is 0.0617. The number of likely N-dealkylation sites (tertiary alicyclic amines) is 1. The standard InChI is InChI=1S/C16H22N2O5S/c1-24(20,21)17-11-13-4-2-3-7-18(13)16(19)12-5-6-14-15(10-12)23-9-8-22-14/h5-6,10,13,17H,2-4,7-9,11H2,1H3. The van der Waals surface area contributed by atoms with Crippen molar-refractivity contribution >= 4 is 15.9 Å². The van der Waals surface area contributed by atoms with E-state index < -0.39 is 10.0 Å². The molecular weight excluding hydrogens is 332 g/mol. The van der Waals surface area contributed by atoms with Crippen LogP contribution in [0.2, 0.25) is 0 Å². The molecule has 8 heteroatoms. The van der Waals surface area contributed by atoms with Crippen LogP contribution in [0.15, 0.2) is 18.2 Å². The molecule has 0 aromatic heterocycles. The van der Waals surface area contributed by atoms with Gasteiger partial charge in [0, 0.05) is 24.7 Å². The molecule has 0 aliphatic carbocycles. The van der Waals surface area contributed by atoms with E-state index in [1.54, 1.807) is 23.1 Å². The van der Waals surface area contributed by atoms with E-state index in [0.717, 1.165) is 25.5 Å². The van der Waals surface area contributed by atoms with Crippen molar-refractivity contribution < 1.29 is 22.7 Å². The van der Waals surface area contributed by atoms with E-state index in [2.05, 4.69) is 4.72 Å². The molecule has 1 unspecified atom stereocenters. The number of nitrogens with zero attached hydrogens (tertiary/aromatic N) is 1. The third-order valence-electron chi connectivity index (χ3n) is 4.26. The summed E-state index contributed by atoms with van der Waals surface area (Å²) >= 11 is 0. The molecule has 1 N–H and O–H groups in total. The molecule has 0 saturated carbocycles. The summed E-state index contributed by atoms with van der Waals surface area (Å²) in [5.41, 5.74) is 0.533. The first-order valence-corrected chi connectivity index (χ1v) is 9.98. The van der Waals surface area contributed by atoms with Crippen LogP contribution in [-0.4, -0.2) is 57.8 Å². The number of amides is 1. The molecule has 132 valence electrons. The Morgan fingerprint density at radius 2 is 2.00 bits per heavy atom. The first-order valence-electron chi connectivity index (χ1n) is 8.09. The van der Waals surface area contributed by atoms with E-state index in [4.69, 9.17) is 9.47 Å². The third kappa shape index (κ3) is 3.99. The van der Waals surface area contributed by atoms with Gasteiger partial charge >= 0.3 is 0 Å². The second-order valence-corrected chi connectivity index (χ2v) is 7.96. The molecule has 0 bridgehead atoms. The van der Waals surface area contributed by atoms with Gasteiger partial charge in [0.2, 0.25) is 10.0 Å². The van der Waals surface area contributed by atoms with Gasteiger partial charge in [0.05, 0.1) is 6.26 Å². The highest BCUT2D eigenvalue weighted by atomic mass is 32.2. The van der Waals surface area contributed by atoms with Gasteiger partial charge in [-0.3, -0.25) is 4.79 Å². The van der Waals surface area contributed by atoms with Crippen molar-refractivity contribution in [2.24, 2.45) is 0 Å². The molecule has 2 aliphatic rings. The lowest BCUT2D eigenvalue weighted by Gasteiger charge is -2.36. The normalized spacial score (nSPS) is 20.7. The molecule has 0 spiro atoms. The Labute approximate surface area is 142 Å². The van der Waals surface area contributed by atoms with Crippen molar-refractivity contribution in [2.75, 3.05) is 32.6 Å². The topological polar surface area (TPSA) is 84.9 Å². The number of benzene rings is 1. The fraction of sp³-hybridized carbons (Fsp3) is 0.562. The maximum absolute atomic E-state index is 12.9. The molecule has 1 aromatic carbocycles. The number of hydrogen-bond donors (Lipinski definition) is 1. The van der Waals surface area contributed by atoms with Crippen LogP contribution < -0.4 is 14.2 Å². The molecule has 1 atom stereocenters. The monoisotopic (exact) mass is 354 g/mol. The van der Waals surface area contributed by atoms with Gasteiger partial charge in [0.15, 0.2) is 11.5 Å². The minimum Gasteiger partial charge on any atom is -0.486 e. The molecule has 3 rings (SSSR count). The molecular formula is C16H22N2O5S. The van der Waals surface area contributed by atoms with E-state index >= 15 is 0 Å². The average Bonchev–Trinajstić information content (AvgIpc) is 2.58. The highest BCUT2D eigenvalue weighted by Gasteiger charge is 2.28. The number of rotatable bonds is 4. The molecule has 1 aromatic rings. The van der Waals surface area contributed by atoms with Crippen molar-refractivity contribution in [1.82, 2.24) is 9.62 Å². The Hall–Kier alpha value is -1.80. The van der Waals surface area contributed by atoms with Crippen molar-refractivity contribution in [3.8, 4) is 11.5 Å². The third-order valence-corrected chi connectivity index (χ3v) is 4.95. The number of nitrogens with one attached hydrogen (secondary N) is 1. The zero-order valence-corrected chi connectivity index (χ0v) is 14.5. The fourth-order valence-electron chi connectivity index (χ4n) is 3.07. The summed E-state index contributed by atoms with van der Waals surface area (Å²) in [4.78, 5) is 14.6. The largest absolute Gasteiger partial charge is 0.486 e. The van der Waals surface area contributed by atoms with Gasteiger partial charge in [-0.05, 0) is 37.5 Å². The Morgan fingerprint density at radius 3 is 2.75 bits per heavy atom. The Balaban J connectivity index is 1.76. The first kappa shape index (κ1) is 17.0. The zero-order valence-electron chi connectivity index (χ0n) is 13.7. The number of fused-ring (bicyclic) bond motifs is 1. The van der Waals surface area contributed by atoms with Gasteiger partial charge in [-0.15, -0.1) is 0 Å². The maximum Gasteiger partial charge on any atom is 0.254 e. The van der Waals surface area contributed by atoms with E-state index in [0.29, 0.717) is 36.8 Å². The second-order valence-electron chi connectivity index (χ2n) is 6.13. The zero-order chi connectivity index (χ0) is 17.2. The van der Waals surface area contributed by atoms with Gasteiger partial charge in [-0.25, -0.2) is 13.1 Å². The minimum absolute atomic E-state index is 0.105. The molecule has 7 nitrogen and oxygen atoms in total. The number of hydrogen-bond acceptors (Lipinski definition) is 5. The van der Waals surface area contributed by atoms with Gasteiger partial charge in [-0.2, -0.15) is 0 Å². The number of ether oxygens (including phenoxy) is 2. The first-order chi connectivity index (χ1) is 11.4. The number of sulfonamides is 1. The van der Waals surface area contributed by atoms with Crippen LogP contribution in [0.5, 0.6) is 11.5 Å². The van der Waals surface area contributed by atoms with Crippen molar-refractivity contribution in [1.29, 1.82) is 0 Å². The van der Waals surface area contributed by atoms with E-state index in [1.165, 1.54) is 0 Å². The van der Waals surface area contributed by atoms with Crippen LogP contribution in [0.4, 0.5) is 0 Å². The molecule has 2 heterocycles. The molecule has 1 amide bonds. The van der Waals surface area contributed by atoms with Crippen LogP contribution in [0.3, 0.4) is 0 Å². The summed E-state index contributed by atoms with van der Waals surface area (Å²) in [5.74, 6) is 1.12. The smallest absolute Gasteiger partial charge is 0.254 e. The Morgan fingerprint density at radius 1 is 1.25 bits per heavy atom. The second kappa shape index (κ2) is 6.98. The fourth-order valence-corrected chi connectivity index (χ4v) is 3.57. The predicted molar refractivity (Wildman–Crippen MR) is 89.0 cm³/mol. The Bertz CT molecular complexity index is 719. The van der Waals surface area contributed by atoms with Crippen LogP contribution in [-0.2, 0) is 10.0 Å². The summed E-state index contributed by atoms with van der Waals surface area (Å²) in [6, 6.07) is 5.04. The van der Waals surface area contributed by atoms with E-state index in [1.807, 2.05) is 0 Å². The van der Waals surface area contributed by atoms with Crippen LogP contribution >= 0.6 is 0 Å². The maximum atomic E-state index is 12.9. The Kier molecular flexibility index (Phi) is 4.96. The molecule has 1 fully saturated rings. The lowest BCUT2D eigenvalue weighted by Crippen LogP contribution is -2.49. The lowest BCUT2D eigenvalue weighted by atomic mass is 10.0. The van der Waals surface area contributed by atoms with Crippen LogP contribution in [0, 0.1) is 0 Å². The molecule has 24 heavy (non-hydrogen) atoms. The summed E-state index contributed by atoms with van der Waals surface area (Å²) < 4.78 is 36.2. The summed E-state index contributed by atoms with van der Waals surface area (Å²) in [6.45, 7) is 1.85. The van der Waals surface area contributed by atoms with Crippen molar-refractivity contribution in [3.05, 3.63) is 23.8 Å². The highest BCUT2D eigenvalue weighted by Crippen LogP contribution is 2.31. The van der Waals surface area contributed by atoms with Gasteiger partial charge < -0.3 is 14.4 Å². The molecule has 2 aliphatic heterocycles. The molecule has 0 radical (unpaired) electrons. The van der Waals surface area contributed by atoms with Gasteiger partial charge in [0.1, 0.15) is 13.2 Å². The SMILES string of the molecule is CS(=O)(=O)NCC1CCCCN1C(=O)c1ccc2c(c1)OCCO2. The summed E-state index contributed by atoms with van der Waals surface area (Å²) in [7, 11) is -3.27. The average molecular weight is 354 g/mol. The highest BCUT2D eigenvalue weighted by molar-refractivity contribution is 7.88. The van der Waals surface area contributed by atoms with E-state index in [9.17, 15) is 13.2 Å². The molecule has 1 saturated heterocycles. The van der Waals surface area contributed by atoms with Crippen molar-refractivity contribution in [2.45, 2.75) is 25.3 Å². The van der Waals surface area contributed by atoms with Crippen molar-refractivity contribution in [3.63, 3.8) is 0 Å². The van der Waals surface area contributed by atoms with Gasteiger partial charge in [-0.1, -0.05) is 0 Å². The van der Waals surface area contributed by atoms with Gasteiger partial charge in [0.25, 0.3) is 5.91 Å². The summed E-state index contributed by atoms with van der Waals surface area (Å²) in [5, 5.41) is 0.